The molecule has 4 heteroatoms. The van der Waals surface area contributed by atoms with Crippen LogP contribution in [0.2, 0.25) is 0 Å². The van der Waals surface area contributed by atoms with Crippen molar-refractivity contribution in [3.05, 3.63) is 226 Å². The predicted octanol–water partition coefficient (Wildman–Crippen LogP) is 16.6. The van der Waals surface area contributed by atoms with Gasteiger partial charge in [0.25, 0.3) is 0 Å². The van der Waals surface area contributed by atoms with Crippen molar-refractivity contribution in [3.63, 3.8) is 0 Å². The van der Waals surface area contributed by atoms with Crippen molar-refractivity contribution < 1.29 is 9.47 Å². The number of fused-ring (bicyclic) bond motifs is 3. The highest BCUT2D eigenvalue weighted by Gasteiger charge is 2.47. The monoisotopic (exact) mass is 852 g/mol. The maximum atomic E-state index is 6.13. The zero-order valence-corrected chi connectivity index (χ0v) is 38.8. The first-order chi connectivity index (χ1) is 31.8. The van der Waals surface area contributed by atoms with Crippen LogP contribution in [0, 0.1) is 27.7 Å². The molecule has 9 rings (SSSR count). The maximum absolute atomic E-state index is 6.13. The lowest BCUT2D eigenvalue weighted by molar-refractivity contribution is 0.309. The molecule has 0 fully saturated rings. The van der Waals surface area contributed by atoms with Gasteiger partial charge in [0.1, 0.15) is 11.5 Å². The maximum Gasteiger partial charge on any atom is 0.119 e. The Hall–Kier alpha value is -7.04. The summed E-state index contributed by atoms with van der Waals surface area (Å²) in [6.45, 7) is 14.5. The molecule has 8 aromatic carbocycles. The minimum absolute atomic E-state index is 0.649. The number of nitrogens with zero attached hydrogens (tertiary/aromatic N) is 2. The van der Waals surface area contributed by atoms with Crippen LogP contribution in [0.15, 0.2) is 182 Å². The Balaban J connectivity index is 1.26. The lowest BCUT2D eigenvalue weighted by Gasteiger charge is -2.36. The summed E-state index contributed by atoms with van der Waals surface area (Å²) < 4.78 is 12.3. The zero-order valence-electron chi connectivity index (χ0n) is 38.8. The van der Waals surface area contributed by atoms with Crippen molar-refractivity contribution in [3.8, 4) is 22.6 Å². The van der Waals surface area contributed by atoms with E-state index >= 15 is 0 Å². The van der Waals surface area contributed by atoms with E-state index < -0.39 is 5.41 Å². The van der Waals surface area contributed by atoms with E-state index in [9.17, 15) is 0 Å². The summed E-state index contributed by atoms with van der Waals surface area (Å²) in [5.41, 5.74) is 18.2. The topological polar surface area (TPSA) is 24.9 Å². The highest BCUT2D eigenvalue weighted by molar-refractivity contribution is 5.92. The van der Waals surface area contributed by atoms with Gasteiger partial charge in [0.2, 0.25) is 0 Å². The second kappa shape index (κ2) is 19.0. The minimum atomic E-state index is -0.649. The van der Waals surface area contributed by atoms with Crippen LogP contribution in [-0.4, -0.2) is 13.2 Å². The second-order valence-electron chi connectivity index (χ2n) is 17.7. The summed E-state index contributed by atoms with van der Waals surface area (Å²) in [6, 6.07) is 67.5. The molecule has 0 N–H and O–H groups in total. The highest BCUT2D eigenvalue weighted by atomic mass is 16.5. The molecule has 1 aliphatic carbocycles. The molecule has 0 radical (unpaired) electrons. The SMILES string of the molecule is CCCCOc1ccc(N(c2ccc(C)cc2)c2ccc3c(c2)C(c2ccc(C)cc2)(c2ccc(C)cc2)c2cc(N(c4ccc(C)cc4)c4ccc(OCCCC)cc4)ccc2-3)cc1. The van der Waals surface area contributed by atoms with Gasteiger partial charge in [0.05, 0.1) is 18.6 Å². The minimum Gasteiger partial charge on any atom is -0.494 e. The smallest absolute Gasteiger partial charge is 0.119 e. The molecule has 0 atom stereocenters. The van der Waals surface area contributed by atoms with Gasteiger partial charge in [-0.1, -0.05) is 134 Å². The Morgan fingerprint density at radius 1 is 0.354 bits per heavy atom. The number of unbranched alkanes of at least 4 members (excludes halogenated alkanes) is 2. The first kappa shape index (κ1) is 43.2. The average molecular weight is 853 g/mol. The van der Waals surface area contributed by atoms with Crippen molar-refractivity contribution in [1.29, 1.82) is 0 Å². The molecular weight excluding hydrogens is 793 g/mol. The molecule has 65 heavy (non-hydrogen) atoms. The van der Waals surface area contributed by atoms with Gasteiger partial charge in [0.15, 0.2) is 0 Å². The third kappa shape index (κ3) is 8.66. The number of hydrogen-bond donors (Lipinski definition) is 0. The fourth-order valence-corrected chi connectivity index (χ4v) is 9.31. The zero-order chi connectivity index (χ0) is 44.9. The molecule has 0 spiro atoms. The van der Waals surface area contributed by atoms with Gasteiger partial charge in [0, 0.05) is 34.1 Å². The van der Waals surface area contributed by atoms with Crippen LogP contribution in [0.25, 0.3) is 11.1 Å². The van der Waals surface area contributed by atoms with Crippen molar-refractivity contribution in [2.24, 2.45) is 0 Å². The van der Waals surface area contributed by atoms with Gasteiger partial charge in [-0.25, -0.2) is 0 Å². The van der Waals surface area contributed by atoms with Crippen molar-refractivity contribution >= 4 is 34.1 Å². The van der Waals surface area contributed by atoms with Crippen LogP contribution in [0.5, 0.6) is 11.5 Å². The summed E-state index contributed by atoms with van der Waals surface area (Å²) in [4.78, 5) is 4.77. The first-order valence-electron chi connectivity index (χ1n) is 23.4. The summed E-state index contributed by atoms with van der Waals surface area (Å²) in [5, 5.41) is 0. The average Bonchev–Trinajstić information content (AvgIpc) is 3.61. The van der Waals surface area contributed by atoms with Crippen LogP contribution in [0.4, 0.5) is 34.1 Å². The number of rotatable bonds is 16. The number of ether oxygens (including phenoxy) is 2. The third-order valence-electron chi connectivity index (χ3n) is 12.9. The van der Waals surface area contributed by atoms with E-state index in [1.54, 1.807) is 0 Å². The molecule has 0 unspecified atom stereocenters. The van der Waals surface area contributed by atoms with E-state index in [0.29, 0.717) is 13.2 Å². The van der Waals surface area contributed by atoms with E-state index in [1.807, 2.05) is 0 Å². The Bertz CT molecular complexity index is 2650. The largest absolute Gasteiger partial charge is 0.494 e. The molecule has 326 valence electrons. The fourth-order valence-electron chi connectivity index (χ4n) is 9.31. The Kier molecular flexibility index (Phi) is 12.6. The third-order valence-corrected chi connectivity index (χ3v) is 12.9. The Labute approximate surface area is 386 Å². The molecule has 0 saturated heterocycles. The van der Waals surface area contributed by atoms with Crippen LogP contribution in [0.3, 0.4) is 0 Å². The van der Waals surface area contributed by atoms with E-state index in [4.69, 9.17) is 9.47 Å². The summed E-state index contributed by atoms with van der Waals surface area (Å²) >= 11 is 0. The summed E-state index contributed by atoms with van der Waals surface area (Å²) in [5.74, 6) is 1.78. The van der Waals surface area contributed by atoms with E-state index in [1.165, 1.54) is 55.6 Å². The molecule has 0 heterocycles. The molecule has 8 aromatic rings. The summed E-state index contributed by atoms with van der Waals surface area (Å²) in [6.07, 6.45) is 4.27. The lowest BCUT2D eigenvalue weighted by atomic mass is 9.67. The van der Waals surface area contributed by atoms with Crippen LogP contribution in [0.1, 0.15) is 84.0 Å². The number of hydrogen-bond acceptors (Lipinski definition) is 4. The van der Waals surface area contributed by atoms with Gasteiger partial charge in [-0.3, -0.25) is 0 Å². The molecule has 0 amide bonds. The highest BCUT2D eigenvalue weighted by Crippen LogP contribution is 2.58. The Morgan fingerprint density at radius 2 is 0.646 bits per heavy atom. The Morgan fingerprint density at radius 3 is 0.969 bits per heavy atom. The number of anilines is 6. The number of aryl methyl sites for hydroxylation is 4. The molecular formula is C61H60N2O2. The van der Waals surface area contributed by atoms with Crippen molar-refractivity contribution in [1.82, 2.24) is 0 Å². The molecule has 0 saturated carbocycles. The normalized spacial score (nSPS) is 12.3. The van der Waals surface area contributed by atoms with Gasteiger partial charge in [-0.15, -0.1) is 0 Å². The molecule has 0 aromatic heterocycles. The van der Waals surface area contributed by atoms with Crippen LogP contribution in [-0.2, 0) is 5.41 Å². The standard InChI is InChI=1S/C61H60N2O2/c1-7-9-39-64-55-33-27-51(28-34-55)62(49-23-15-45(5)16-24-49)53-31-37-57-58-38-32-54(63(50-25-17-46(6)18-26-50)52-29-35-56(36-30-52)65-40-10-8-2)42-60(58)61(59(57)41-53,47-19-11-43(3)12-20-47)48-21-13-44(4)14-22-48/h11-38,41-42H,7-10,39-40H2,1-6H3. The second-order valence-corrected chi connectivity index (χ2v) is 17.7. The summed E-state index contributed by atoms with van der Waals surface area (Å²) in [7, 11) is 0. The molecule has 0 aliphatic heterocycles. The molecule has 1 aliphatic rings. The van der Waals surface area contributed by atoms with E-state index in [2.05, 4.69) is 233 Å². The van der Waals surface area contributed by atoms with Crippen LogP contribution < -0.4 is 19.3 Å². The van der Waals surface area contributed by atoms with Gasteiger partial charge < -0.3 is 19.3 Å². The van der Waals surface area contributed by atoms with Crippen LogP contribution >= 0.6 is 0 Å². The van der Waals surface area contributed by atoms with E-state index in [0.717, 1.165) is 71.3 Å². The molecule has 0 bridgehead atoms. The van der Waals surface area contributed by atoms with Gasteiger partial charge >= 0.3 is 0 Å². The van der Waals surface area contributed by atoms with E-state index in [-0.39, 0.29) is 0 Å². The number of benzene rings is 8. The van der Waals surface area contributed by atoms with Gasteiger partial charge in [-0.2, -0.15) is 0 Å². The lowest BCUT2D eigenvalue weighted by Crippen LogP contribution is -2.29. The van der Waals surface area contributed by atoms with Crippen molar-refractivity contribution in [2.75, 3.05) is 23.0 Å². The quantitative estimate of drug-likeness (QED) is 0.0904. The first-order valence-corrected chi connectivity index (χ1v) is 23.4. The fraction of sp³-hybridized carbons (Fsp3) is 0.213. The molecule has 4 nitrogen and oxygen atoms in total. The van der Waals surface area contributed by atoms with Crippen molar-refractivity contribution in [2.45, 2.75) is 72.6 Å². The predicted molar refractivity (Wildman–Crippen MR) is 273 cm³/mol. The van der Waals surface area contributed by atoms with Gasteiger partial charge in [-0.05, 0) is 171 Å².